The maximum Gasteiger partial charge on any atom is 0.323 e. The lowest BCUT2D eigenvalue weighted by atomic mass is 10.1. The second-order valence-corrected chi connectivity index (χ2v) is 8.83. The number of hydrogen-bond donors (Lipinski definition) is 1. The van der Waals surface area contributed by atoms with Crippen LogP contribution in [0.2, 0.25) is 0 Å². The van der Waals surface area contributed by atoms with Crippen LogP contribution in [0.15, 0.2) is 42.5 Å². The van der Waals surface area contributed by atoms with Gasteiger partial charge in [0.2, 0.25) is 0 Å². The topological polar surface area (TPSA) is 71.1 Å². The molecule has 2 aliphatic rings. The van der Waals surface area contributed by atoms with Gasteiger partial charge in [-0.15, -0.1) is 0 Å². The van der Waals surface area contributed by atoms with E-state index < -0.39 is 0 Å². The van der Waals surface area contributed by atoms with E-state index in [0.717, 1.165) is 25.0 Å². The molecule has 2 saturated heterocycles. The number of ether oxygens (including phenoxy) is 2. The number of amides is 1. The van der Waals surface area contributed by atoms with Crippen molar-refractivity contribution in [3.8, 4) is 5.75 Å². The number of hydrogen-bond acceptors (Lipinski definition) is 6. The molecule has 7 nitrogen and oxygen atoms in total. The zero-order valence-corrected chi connectivity index (χ0v) is 19.8. The van der Waals surface area contributed by atoms with Crippen molar-refractivity contribution in [1.82, 2.24) is 5.32 Å². The lowest BCUT2D eigenvalue weighted by Crippen LogP contribution is -2.42. The highest BCUT2D eigenvalue weighted by Gasteiger charge is 2.32. The molecule has 2 aromatic carbocycles. The average Bonchev–Trinajstić information content (AvgIpc) is 3.48. The summed E-state index contributed by atoms with van der Waals surface area (Å²) in [4.78, 5) is 28.0. The first-order chi connectivity index (χ1) is 16.5. The number of carbonyl (C=O) groups is 2. The molecule has 182 valence electrons. The molecule has 8 heteroatoms. The van der Waals surface area contributed by atoms with Crippen LogP contribution in [0.4, 0.5) is 15.8 Å². The smallest absolute Gasteiger partial charge is 0.323 e. The summed E-state index contributed by atoms with van der Waals surface area (Å²) in [5.41, 5.74) is 1.49. The molecule has 2 aliphatic heterocycles. The fourth-order valence-electron chi connectivity index (χ4n) is 4.35. The van der Waals surface area contributed by atoms with E-state index in [1.165, 1.54) is 11.0 Å². The zero-order valence-electron chi connectivity index (χ0n) is 19.8. The number of cyclic esters (lactones) is 1. The molecule has 0 aliphatic carbocycles. The van der Waals surface area contributed by atoms with Crippen molar-refractivity contribution in [2.45, 2.75) is 44.7 Å². The van der Waals surface area contributed by atoms with Gasteiger partial charge in [-0.3, -0.25) is 14.9 Å². The first-order valence-electron chi connectivity index (χ1n) is 11.9. The first-order valence-corrected chi connectivity index (χ1v) is 11.9. The van der Waals surface area contributed by atoms with Crippen LogP contribution in [0.3, 0.4) is 0 Å². The molecule has 1 N–H and O–H groups in total. The van der Waals surface area contributed by atoms with Crippen molar-refractivity contribution < 1.29 is 23.5 Å². The highest BCUT2D eigenvalue weighted by molar-refractivity contribution is 6.05. The van der Waals surface area contributed by atoms with Crippen molar-refractivity contribution in [2.75, 3.05) is 43.2 Å². The molecule has 0 saturated carbocycles. The van der Waals surface area contributed by atoms with E-state index in [0.29, 0.717) is 49.7 Å². The van der Waals surface area contributed by atoms with Gasteiger partial charge in [0.25, 0.3) is 5.91 Å². The Labute approximate surface area is 199 Å². The van der Waals surface area contributed by atoms with Gasteiger partial charge in [-0.05, 0) is 55.3 Å². The number of carbonyl (C=O) groups excluding carboxylic acids is 2. The highest BCUT2D eigenvalue weighted by Crippen LogP contribution is 2.28. The Bertz CT molecular complexity index is 1010. The minimum Gasteiger partial charge on any atom is -0.494 e. The van der Waals surface area contributed by atoms with Gasteiger partial charge in [0, 0.05) is 43.9 Å². The monoisotopic (exact) mass is 469 g/mol. The molecule has 4 rings (SSSR count). The van der Waals surface area contributed by atoms with Gasteiger partial charge in [0.05, 0.1) is 18.9 Å². The van der Waals surface area contributed by atoms with Crippen molar-refractivity contribution in [3.63, 3.8) is 0 Å². The van der Waals surface area contributed by atoms with Crippen LogP contribution in [0, 0.1) is 5.82 Å². The Kier molecular flexibility index (Phi) is 7.67. The van der Waals surface area contributed by atoms with Crippen LogP contribution in [-0.4, -0.2) is 57.3 Å². The fourth-order valence-corrected chi connectivity index (χ4v) is 4.35. The molecule has 2 fully saturated rings. The Morgan fingerprint density at radius 2 is 2.03 bits per heavy atom. The van der Waals surface area contributed by atoms with Crippen LogP contribution in [0.25, 0.3) is 0 Å². The second-order valence-electron chi connectivity index (χ2n) is 8.83. The molecule has 0 bridgehead atoms. The SMILES string of the molecule is CCCCOc1ccc(C(=O)N(C)c2ccc(N3CCC(NC4CCOC4=O)C3)c(F)c2)cc1. The van der Waals surface area contributed by atoms with Gasteiger partial charge >= 0.3 is 5.97 Å². The van der Waals surface area contributed by atoms with E-state index in [9.17, 15) is 9.59 Å². The predicted octanol–water partition coefficient (Wildman–Crippen LogP) is 3.77. The van der Waals surface area contributed by atoms with E-state index >= 15 is 4.39 Å². The van der Waals surface area contributed by atoms with Gasteiger partial charge in [-0.2, -0.15) is 0 Å². The normalized spacial score (nSPS) is 19.9. The molecule has 2 heterocycles. The van der Waals surface area contributed by atoms with Crippen LogP contribution in [0.5, 0.6) is 5.75 Å². The summed E-state index contributed by atoms with van der Waals surface area (Å²) in [6, 6.07) is 11.7. The van der Waals surface area contributed by atoms with Gasteiger partial charge in [0.1, 0.15) is 17.6 Å². The molecule has 2 unspecified atom stereocenters. The van der Waals surface area contributed by atoms with Crippen molar-refractivity contribution in [1.29, 1.82) is 0 Å². The van der Waals surface area contributed by atoms with E-state index in [1.54, 1.807) is 43.4 Å². The van der Waals surface area contributed by atoms with E-state index in [-0.39, 0.29) is 29.8 Å². The first kappa shape index (κ1) is 24.0. The van der Waals surface area contributed by atoms with Crippen LogP contribution < -0.4 is 19.9 Å². The number of benzene rings is 2. The summed E-state index contributed by atoms with van der Waals surface area (Å²) in [7, 11) is 1.64. The summed E-state index contributed by atoms with van der Waals surface area (Å²) in [6.07, 6.45) is 3.53. The van der Waals surface area contributed by atoms with Crippen LogP contribution in [0.1, 0.15) is 43.0 Å². The summed E-state index contributed by atoms with van der Waals surface area (Å²) in [6.45, 7) is 4.51. The number of nitrogens with one attached hydrogen (secondary N) is 1. The standard InChI is InChI=1S/C26H32FN3O4/c1-3-4-14-33-21-8-5-18(6-9-21)25(31)29(2)20-7-10-24(22(27)16-20)30-13-11-19(17-30)28-23-12-15-34-26(23)32/h5-10,16,19,23,28H,3-4,11-15,17H2,1-2H3. The van der Waals surface area contributed by atoms with Gasteiger partial charge in [0.15, 0.2) is 0 Å². The highest BCUT2D eigenvalue weighted by atomic mass is 19.1. The van der Waals surface area contributed by atoms with E-state index in [1.807, 2.05) is 4.90 Å². The minimum atomic E-state index is -0.377. The Morgan fingerprint density at radius 1 is 1.24 bits per heavy atom. The lowest BCUT2D eigenvalue weighted by molar-refractivity contribution is -0.139. The fraction of sp³-hybridized carbons (Fsp3) is 0.462. The number of halogens is 1. The van der Waals surface area contributed by atoms with Crippen LogP contribution in [-0.2, 0) is 9.53 Å². The van der Waals surface area contributed by atoms with Crippen LogP contribution >= 0.6 is 0 Å². The molecule has 0 radical (unpaired) electrons. The number of unbranched alkanes of at least 4 members (excludes halogenated alkanes) is 1. The van der Waals surface area contributed by atoms with Gasteiger partial charge in [-0.25, -0.2) is 4.39 Å². The molecular weight excluding hydrogens is 437 g/mol. The Hall–Kier alpha value is -3.13. The van der Waals surface area contributed by atoms with Crippen molar-refractivity contribution in [3.05, 3.63) is 53.8 Å². The minimum absolute atomic E-state index is 0.105. The van der Waals surface area contributed by atoms with Crippen molar-refractivity contribution >= 4 is 23.3 Å². The predicted molar refractivity (Wildman–Crippen MR) is 129 cm³/mol. The lowest BCUT2D eigenvalue weighted by Gasteiger charge is -2.23. The third-order valence-electron chi connectivity index (χ3n) is 6.39. The third kappa shape index (κ3) is 5.50. The quantitative estimate of drug-likeness (QED) is 0.445. The second kappa shape index (κ2) is 10.9. The summed E-state index contributed by atoms with van der Waals surface area (Å²) in [5.74, 6) is -0.0782. The molecule has 2 atom stereocenters. The summed E-state index contributed by atoms with van der Waals surface area (Å²) < 4.78 is 25.7. The number of rotatable bonds is 9. The Morgan fingerprint density at radius 3 is 2.71 bits per heavy atom. The Balaban J connectivity index is 1.36. The molecule has 34 heavy (non-hydrogen) atoms. The maximum absolute atomic E-state index is 15.0. The third-order valence-corrected chi connectivity index (χ3v) is 6.39. The summed E-state index contributed by atoms with van der Waals surface area (Å²) >= 11 is 0. The van der Waals surface area contributed by atoms with Gasteiger partial charge in [-0.1, -0.05) is 13.3 Å². The van der Waals surface area contributed by atoms with E-state index in [2.05, 4.69) is 12.2 Å². The molecule has 0 aromatic heterocycles. The molecule has 2 aromatic rings. The van der Waals surface area contributed by atoms with Crippen molar-refractivity contribution in [2.24, 2.45) is 0 Å². The average molecular weight is 470 g/mol. The molecule has 0 spiro atoms. The number of anilines is 2. The maximum atomic E-state index is 15.0. The van der Waals surface area contributed by atoms with E-state index in [4.69, 9.17) is 9.47 Å². The zero-order chi connectivity index (χ0) is 24.1. The number of nitrogens with zero attached hydrogens (tertiary/aromatic N) is 2. The largest absolute Gasteiger partial charge is 0.494 e. The molecular formula is C26H32FN3O4. The molecule has 1 amide bonds. The summed E-state index contributed by atoms with van der Waals surface area (Å²) in [5, 5.41) is 3.33. The van der Waals surface area contributed by atoms with Gasteiger partial charge < -0.3 is 19.3 Å². The number of esters is 1.